The molecule has 0 unspecified atom stereocenters. The smallest absolute Gasteiger partial charge is 0.298 e. The Morgan fingerprint density at radius 3 is 2.41 bits per heavy atom. The minimum Gasteiger partial charge on any atom is -0.457 e. The summed E-state index contributed by atoms with van der Waals surface area (Å²) in [5, 5.41) is 5.51. The first-order valence-electron chi connectivity index (χ1n) is 12.4. The minimum absolute atomic E-state index is 0.0867. The predicted molar refractivity (Wildman–Crippen MR) is 144 cm³/mol. The van der Waals surface area contributed by atoms with Crippen molar-refractivity contribution in [3.8, 4) is 22.8 Å². The molecule has 0 spiro atoms. The lowest BCUT2D eigenvalue weighted by Crippen LogP contribution is -2.41. The summed E-state index contributed by atoms with van der Waals surface area (Å²) in [5.74, 6) is -0.797. The van der Waals surface area contributed by atoms with Gasteiger partial charge in [0.25, 0.3) is 11.8 Å². The summed E-state index contributed by atoms with van der Waals surface area (Å²) in [4.78, 5) is 31.9. The molecule has 0 aliphatic heterocycles. The molecular formula is C28H26FN7O3. The highest BCUT2D eigenvalue weighted by Gasteiger charge is 2.27. The van der Waals surface area contributed by atoms with E-state index in [1.54, 1.807) is 0 Å². The number of amides is 2. The number of halogens is 1. The molecular weight excluding hydrogens is 501 g/mol. The average Bonchev–Trinajstić information content (AvgIpc) is 3.37. The first kappa shape index (κ1) is 25.6. The number of anilines is 1. The highest BCUT2D eigenvalue weighted by atomic mass is 19.1. The highest BCUT2D eigenvalue weighted by Crippen LogP contribution is 2.38. The number of hydrogen-bond donors (Lipinski definition) is 3. The summed E-state index contributed by atoms with van der Waals surface area (Å²) in [6.45, 7) is 3.28. The molecule has 10 nitrogen and oxygen atoms in total. The summed E-state index contributed by atoms with van der Waals surface area (Å²) >= 11 is 0. The number of aromatic nitrogens is 4. The number of carbonyl (C=O) groups excluding carboxylic acids is 2. The second kappa shape index (κ2) is 11.1. The summed E-state index contributed by atoms with van der Waals surface area (Å²) in [6, 6.07) is 16.9. The Hall–Kier alpha value is -5.06. The van der Waals surface area contributed by atoms with Crippen LogP contribution in [0.4, 0.5) is 10.2 Å². The van der Waals surface area contributed by atoms with Crippen LogP contribution in [0.1, 0.15) is 31.7 Å². The Kier molecular flexibility index (Phi) is 7.30. The van der Waals surface area contributed by atoms with Crippen LogP contribution in [0.5, 0.6) is 11.5 Å². The summed E-state index contributed by atoms with van der Waals surface area (Å²) in [7, 11) is 0. The van der Waals surface area contributed by atoms with Crippen LogP contribution in [0.2, 0.25) is 0 Å². The quantitative estimate of drug-likeness (QED) is 0.247. The van der Waals surface area contributed by atoms with Crippen LogP contribution in [0.15, 0.2) is 85.0 Å². The number of rotatable bonds is 6. The van der Waals surface area contributed by atoms with E-state index >= 15 is 0 Å². The largest absolute Gasteiger partial charge is 0.457 e. The van der Waals surface area contributed by atoms with E-state index in [4.69, 9.17) is 15.6 Å². The molecule has 198 valence electrons. The number of carbonyl (C=O) groups is 2. The summed E-state index contributed by atoms with van der Waals surface area (Å²) < 4.78 is 22.4. The number of nitrogen functional groups attached to an aromatic ring is 1. The van der Waals surface area contributed by atoms with Crippen LogP contribution in [-0.2, 0) is 9.59 Å². The molecule has 2 aromatic heterocycles. The van der Waals surface area contributed by atoms with Gasteiger partial charge >= 0.3 is 0 Å². The number of nitrogens with one attached hydrogen (secondary N) is 2. The highest BCUT2D eigenvalue weighted by molar-refractivity contribution is 5.98. The van der Waals surface area contributed by atoms with E-state index in [1.807, 2.05) is 64.7 Å². The van der Waals surface area contributed by atoms with Crippen molar-refractivity contribution in [1.29, 1.82) is 0 Å². The Labute approximate surface area is 223 Å². The van der Waals surface area contributed by atoms with Crippen molar-refractivity contribution < 1.29 is 18.7 Å². The van der Waals surface area contributed by atoms with Crippen molar-refractivity contribution in [3.05, 3.63) is 85.0 Å². The molecule has 39 heavy (non-hydrogen) atoms. The van der Waals surface area contributed by atoms with E-state index in [0.29, 0.717) is 59.6 Å². The van der Waals surface area contributed by atoms with Crippen molar-refractivity contribution in [2.24, 2.45) is 0 Å². The number of nitrogens with zero attached hydrogens (tertiary/aromatic N) is 4. The van der Waals surface area contributed by atoms with Gasteiger partial charge in [0.1, 0.15) is 29.3 Å². The number of nitrogens with two attached hydrogens (primary N) is 1. The molecule has 1 aliphatic rings. The van der Waals surface area contributed by atoms with Crippen LogP contribution in [0.25, 0.3) is 22.3 Å². The molecule has 0 bridgehead atoms. The number of ether oxygens (including phenoxy) is 1. The Morgan fingerprint density at radius 1 is 1.03 bits per heavy atom. The summed E-state index contributed by atoms with van der Waals surface area (Å²) in [6.07, 6.45) is 4.15. The first-order chi connectivity index (χ1) is 18.9. The molecule has 0 atom stereocenters. The van der Waals surface area contributed by atoms with Crippen LogP contribution in [-0.4, -0.2) is 31.6 Å². The molecule has 4 N–H and O–H groups in total. The maximum Gasteiger partial charge on any atom is 0.298 e. The maximum absolute atomic E-state index is 14.7. The first-order valence-corrected chi connectivity index (χ1v) is 12.4. The van der Waals surface area contributed by atoms with E-state index in [2.05, 4.69) is 22.0 Å². The third-order valence-corrected chi connectivity index (χ3v) is 6.52. The molecule has 1 aliphatic carbocycles. The molecule has 2 aromatic carbocycles. The molecule has 1 saturated carbocycles. The lowest BCUT2D eigenvalue weighted by molar-refractivity contribution is -0.125. The number of hydrogen-bond acceptors (Lipinski definition) is 7. The monoisotopic (exact) mass is 527 g/mol. The lowest BCUT2D eigenvalue weighted by Gasteiger charge is -2.24. The van der Waals surface area contributed by atoms with Gasteiger partial charge in [0.2, 0.25) is 0 Å². The van der Waals surface area contributed by atoms with Gasteiger partial charge in [-0.1, -0.05) is 24.8 Å². The molecule has 4 aromatic rings. The lowest BCUT2D eigenvalue weighted by atomic mass is 9.90. The number of para-hydroxylation sites is 1. The van der Waals surface area contributed by atoms with Crippen LogP contribution in [0.3, 0.4) is 0 Å². The van der Waals surface area contributed by atoms with Crippen molar-refractivity contribution >= 4 is 28.7 Å². The van der Waals surface area contributed by atoms with Crippen LogP contribution >= 0.6 is 0 Å². The van der Waals surface area contributed by atoms with Crippen molar-refractivity contribution in [2.45, 2.75) is 31.7 Å². The van der Waals surface area contributed by atoms with Crippen LogP contribution in [0, 0.1) is 0 Å². The Balaban J connectivity index is 1.37. The van der Waals surface area contributed by atoms with Crippen molar-refractivity contribution in [3.63, 3.8) is 0 Å². The molecule has 5 rings (SSSR count). The van der Waals surface area contributed by atoms with Crippen LogP contribution < -0.4 is 21.3 Å². The molecule has 2 amide bonds. The Bertz CT molecular complexity index is 1560. The van der Waals surface area contributed by atoms with Gasteiger partial charge < -0.3 is 10.5 Å². The minimum atomic E-state index is -0.995. The summed E-state index contributed by atoms with van der Waals surface area (Å²) in [5.41, 5.74) is 12.8. The predicted octanol–water partition coefficient (Wildman–Crippen LogP) is 4.54. The second-order valence-electron chi connectivity index (χ2n) is 8.99. The zero-order valence-corrected chi connectivity index (χ0v) is 20.9. The van der Waals surface area contributed by atoms with Gasteiger partial charge in [-0.05, 0) is 73.7 Å². The van der Waals surface area contributed by atoms with Gasteiger partial charge in [-0.15, -0.1) is 0 Å². The van der Waals surface area contributed by atoms with Gasteiger partial charge in [-0.2, -0.15) is 5.10 Å². The number of benzene rings is 2. The van der Waals surface area contributed by atoms with Gasteiger partial charge in [0.15, 0.2) is 11.5 Å². The molecule has 0 saturated heterocycles. The SMILES string of the molecule is C=CC(=O)NNC(=O)C(F)=C1CCC(n2nc(-c3ccc(Oc4ccccc4)cc3)c3c(N)ncnc32)CC1. The number of hydrazine groups is 1. The van der Waals surface area contributed by atoms with Gasteiger partial charge in [0, 0.05) is 5.56 Å². The fourth-order valence-corrected chi connectivity index (χ4v) is 4.56. The van der Waals surface area contributed by atoms with Crippen molar-refractivity contribution in [2.75, 3.05) is 5.73 Å². The number of fused-ring (bicyclic) bond motifs is 1. The zero-order chi connectivity index (χ0) is 27.4. The van der Waals surface area contributed by atoms with Gasteiger partial charge in [-0.3, -0.25) is 20.4 Å². The van der Waals surface area contributed by atoms with E-state index in [1.165, 1.54) is 6.33 Å². The third kappa shape index (κ3) is 5.47. The maximum atomic E-state index is 14.7. The Morgan fingerprint density at radius 2 is 1.72 bits per heavy atom. The van der Waals surface area contributed by atoms with E-state index in [0.717, 1.165) is 17.4 Å². The fraction of sp³-hybridized carbons (Fsp3) is 0.179. The second-order valence-corrected chi connectivity index (χ2v) is 8.99. The normalized spacial score (nSPS) is 15.0. The molecule has 2 heterocycles. The average molecular weight is 528 g/mol. The van der Waals surface area contributed by atoms with Gasteiger partial charge in [-0.25, -0.2) is 19.0 Å². The van der Waals surface area contributed by atoms with E-state index < -0.39 is 17.6 Å². The van der Waals surface area contributed by atoms with E-state index in [-0.39, 0.29) is 6.04 Å². The third-order valence-electron chi connectivity index (χ3n) is 6.52. The molecule has 1 fully saturated rings. The van der Waals surface area contributed by atoms with E-state index in [9.17, 15) is 14.0 Å². The fourth-order valence-electron chi connectivity index (χ4n) is 4.56. The van der Waals surface area contributed by atoms with Gasteiger partial charge in [0.05, 0.1) is 11.4 Å². The topological polar surface area (TPSA) is 137 Å². The zero-order valence-electron chi connectivity index (χ0n) is 20.9. The van der Waals surface area contributed by atoms with Crippen molar-refractivity contribution in [1.82, 2.24) is 30.6 Å². The molecule has 11 heteroatoms. The molecule has 0 radical (unpaired) electrons. The standard InChI is InChI=1S/C28H26FN7O3/c1-2-22(37)33-34-28(38)24(29)17-8-12-19(13-9-17)36-27-23(26(30)31-16-32-27)25(35-36)18-10-14-21(15-11-18)39-20-6-4-3-5-7-20/h2-7,10-11,14-16,19H,1,8-9,12-13H2,(H,33,37)(H,34,38)(H2,30,31,32). The number of allylic oxidation sites excluding steroid dienone is 1.